The van der Waals surface area contributed by atoms with E-state index in [-0.39, 0.29) is 29.5 Å². The van der Waals surface area contributed by atoms with Gasteiger partial charge in [-0.2, -0.15) is 5.10 Å². The normalized spacial score (nSPS) is 10.7. The lowest BCUT2D eigenvalue weighted by atomic mass is 10.1. The van der Waals surface area contributed by atoms with E-state index in [0.29, 0.717) is 28.8 Å². The fourth-order valence-corrected chi connectivity index (χ4v) is 3.64. The number of hydrogen-bond acceptors (Lipinski definition) is 6. The highest BCUT2D eigenvalue weighted by Gasteiger charge is 2.20. The van der Waals surface area contributed by atoms with Crippen LogP contribution in [0, 0.1) is 5.82 Å². The van der Waals surface area contributed by atoms with E-state index in [9.17, 15) is 14.0 Å². The summed E-state index contributed by atoms with van der Waals surface area (Å²) in [5.74, 6) is -1.16. The maximum Gasteiger partial charge on any atom is 0.250 e. The lowest BCUT2D eigenvalue weighted by Crippen LogP contribution is -2.31. The van der Waals surface area contributed by atoms with Crippen LogP contribution >= 0.6 is 0 Å². The van der Waals surface area contributed by atoms with Gasteiger partial charge >= 0.3 is 0 Å². The highest BCUT2D eigenvalue weighted by molar-refractivity contribution is 6.04. The van der Waals surface area contributed by atoms with Crippen LogP contribution in [0.25, 0.3) is 16.7 Å². The first-order chi connectivity index (χ1) is 16.4. The maximum atomic E-state index is 14.3. The van der Waals surface area contributed by atoms with Crippen molar-refractivity contribution in [1.82, 2.24) is 19.7 Å². The van der Waals surface area contributed by atoms with Gasteiger partial charge in [0.1, 0.15) is 23.2 Å². The number of nitrogen functional groups attached to an aromatic ring is 1. The van der Waals surface area contributed by atoms with Gasteiger partial charge in [-0.25, -0.2) is 19.0 Å². The van der Waals surface area contributed by atoms with Crippen molar-refractivity contribution in [2.45, 2.75) is 6.42 Å². The number of amides is 1. The third-order valence-corrected chi connectivity index (χ3v) is 5.23. The summed E-state index contributed by atoms with van der Waals surface area (Å²) in [6, 6.07) is 13.0. The van der Waals surface area contributed by atoms with Gasteiger partial charge in [0.05, 0.1) is 11.4 Å². The van der Waals surface area contributed by atoms with Crippen LogP contribution in [-0.4, -0.2) is 38.0 Å². The molecule has 9 heteroatoms. The molecule has 2 N–H and O–H groups in total. The minimum Gasteiger partial charge on any atom is -0.382 e. The molecule has 4 rings (SSSR count). The zero-order chi connectivity index (χ0) is 24.2. The van der Waals surface area contributed by atoms with E-state index in [0.717, 1.165) is 12.1 Å². The number of nitrogens with two attached hydrogens (primary N) is 1. The molecule has 0 unspecified atom stereocenters. The average Bonchev–Trinajstić information content (AvgIpc) is 3.23. The predicted molar refractivity (Wildman–Crippen MR) is 128 cm³/mol. The van der Waals surface area contributed by atoms with Gasteiger partial charge < -0.3 is 10.6 Å². The molecule has 170 valence electrons. The summed E-state index contributed by atoms with van der Waals surface area (Å²) in [5.41, 5.74) is 8.61. The van der Waals surface area contributed by atoms with Crippen molar-refractivity contribution in [3.05, 3.63) is 97.2 Å². The second-order valence-corrected chi connectivity index (χ2v) is 7.36. The first-order valence-corrected chi connectivity index (χ1v) is 10.4. The first-order valence-electron chi connectivity index (χ1n) is 10.4. The zero-order valence-electron chi connectivity index (χ0n) is 18.2. The topological polar surface area (TPSA) is 107 Å². The molecule has 4 aromatic rings. The van der Waals surface area contributed by atoms with Gasteiger partial charge in [0, 0.05) is 24.2 Å². The number of carbonyl (C=O) groups excluding carboxylic acids is 2. The Morgan fingerprint density at radius 1 is 1.09 bits per heavy atom. The van der Waals surface area contributed by atoms with E-state index in [1.54, 1.807) is 4.90 Å². The van der Waals surface area contributed by atoms with Crippen molar-refractivity contribution in [3.63, 3.8) is 0 Å². The molecule has 0 radical (unpaired) electrons. The van der Waals surface area contributed by atoms with Crippen LogP contribution in [0.2, 0.25) is 0 Å². The number of rotatable bonds is 8. The molecule has 0 aliphatic heterocycles. The Hall–Kier alpha value is -4.66. The third-order valence-electron chi connectivity index (χ3n) is 5.23. The van der Waals surface area contributed by atoms with Crippen molar-refractivity contribution >= 4 is 34.2 Å². The Bertz CT molecular complexity index is 1410. The molecule has 0 aliphatic rings. The van der Waals surface area contributed by atoms with Crippen molar-refractivity contribution < 1.29 is 14.0 Å². The molecular formula is C25H21FN6O2. The van der Waals surface area contributed by atoms with E-state index in [2.05, 4.69) is 28.2 Å². The van der Waals surface area contributed by atoms with Gasteiger partial charge in [-0.05, 0) is 42.5 Å². The van der Waals surface area contributed by atoms with Gasteiger partial charge in [-0.3, -0.25) is 9.59 Å². The number of ketones is 1. The Morgan fingerprint density at radius 3 is 2.56 bits per heavy atom. The minimum absolute atomic E-state index is 0.123. The highest BCUT2D eigenvalue weighted by Crippen LogP contribution is 2.26. The lowest BCUT2D eigenvalue weighted by molar-refractivity contribution is -0.114. The maximum absolute atomic E-state index is 14.3. The number of nitrogens with zero attached hydrogens (tertiary/aromatic N) is 5. The monoisotopic (exact) mass is 456 g/mol. The first kappa shape index (κ1) is 22.5. The molecule has 0 aliphatic carbocycles. The number of para-hydroxylation sites is 1. The van der Waals surface area contributed by atoms with Crippen LogP contribution in [0.3, 0.4) is 0 Å². The minimum atomic E-state index is -0.616. The number of carbonyl (C=O) groups is 2. The largest absolute Gasteiger partial charge is 0.382 e. The van der Waals surface area contributed by atoms with Gasteiger partial charge in [0.25, 0.3) is 0 Å². The summed E-state index contributed by atoms with van der Waals surface area (Å²) >= 11 is 0. The molecule has 2 aromatic carbocycles. The number of allylic oxidation sites excluding steroid dienone is 1. The summed E-state index contributed by atoms with van der Waals surface area (Å²) in [6.07, 6.45) is 3.99. The molecular weight excluding hydrogens is 435 g/mol. The molecule has 34 heavy (non-hydrogen) atoms. The molecule has 0 spiro atoms. The Kier molecular flexibility index (Phi) is 6.26. The van der Waals surface area contributed by atoms with Crippen LogP contribution < -0.4 is 10.6 Å². The van der Waals surface area contributed by atoms with Crippen LogP contribution in [-0.2, 0) is 11.2 Å². The van der Waals surface area contributed by atoms with Crippen LogP contribution in [0.1, 0.15) is 16.1 Å². The molecule has 0 fully saturated rings. The second-order valence-electron chi connectivity index (χ2n) is 7.36. The Morgan fingerprint density at radius 2 is 1.85 bits per heavy atom. The fraction of sp³-hybridized carbons (Fsp3) is 0.0800. The molecule has 0 saturated carbocycles. The number of anilines is 2. The van der Waals surface area contributed by atoms with Crippen LogP contribution in [0.4, 0.5) is 15.9 Å². The number of benzene rings is 2. The quantitative estimate of drug-likeness (QED) is 0.320. The Labute approximate surface area is 194 Å². The van der Waals surface area contributed by atoms with Crippen LogP contribution in [0.15, 0.2) is 80.2 Å². The number of halogens is 1. The van der Waals surface area contributed by atoms with Crippen molar-refractivity contribution in [1.29, 1.82) is 0 Å². The predicted octanol–water partition coefficient (Wildman–Crippen LogP) is 3.67. The van der Waals surface area contributed by atoms with E-state index < -0.39 is 11.6 Å². The standard InChI is InChI=1S/C25H21FN6O2/c1-3-21(33)16-12-17(26)14-19(13-16)32-24-23(28-15-29-25(24)27)20(30-32)10-11-31(22(34)4-2)18-8-6-5-7-9-18/h3-9,12-15H,1-2,10-11H2,(H2,27,28,29). The average molecular weight is 456 g/mol. The summed E-state index contributed by atoms with van der Waals surface area (Å²) in [7, 11) is 0. The van der Waals surface area contributed by atoms with Crippen LogP contribution in [0.5, 0.6) is 0 Å². The van der Waals surface area contributed by atoms with Crippen molar-refractivity contribution in [2.75, 3.05) is 17.2 Å². The molecule has 8 nitrogen and oxygen atoms in total. The molecule has 2 heterocycles. The number of hydrogen-bond donors (Lipinski definition) is 1. The Balaban J connectivity index is 1.78. The molecule has 0 saturated heterocycles. The third kappa shape index (κ3) is 4.31. The highest BCUT2D eigenvalue weighted by atomic mass is 19.1. The summed E-state index contributed by atoms with van der Waals surface area (Å²) in [6.45, 7) is 7.32. The molecule has 2 aromatic heterocycles. The summed E-state index contributed by atoms with van der Waals surface area (Å²) < 4.78 is 15.8. The summed E-state index contributed by atoms with van der Waals surface area (Å²) in [5, 5.41) is 4.61. The molecule has 1 amide bonds. The molecule has 0 bridgehead atoms. The van der Waals surface area contributed by atoms with Crippen molar-refractivity contribution in [3.8, 4) is 5.69 Å². The van der Waals surface area contributed by atoms with Gasteiger partial charge in [-0.15, -0.1) is 0 Å². The van der Waals surface area contributed by atoms with E-state index in [1.165, 1.54) is 29.2 Å². The van der Waals surface area contributed by atoms with Gasteiger partial charge in [0.2, 0.25) is 5.91 Å². The second kappa shape index (κ2) is 9.45. The zero-order valence-corrected chi connectivity index (χ0v) is 18.2. The van der Waals surface area contributed by atoms with E-state index in [4.69, 9.17) is 5.73 Å². The van der Waals surface area contributed by atoms with Gasteiger partial charge in [-0.1, -0.05) is 31.4 Å². The smallest absolute Gasteiger partial charge is 0.250 e. The summed E-state index contributed by atoms with van der Waals surface area (Å²) in [4.78, 5) is 34.5. The van der Waals surface area contributed by atoms with Gasteiger partial charge in [0.15, 0.2) is 11.6 Å². The number of fused-ring (bicyclic) bond motifs is 1. The molecule has 0 atom stereocenters. The van der Waals surface area contributed by atoms with E-state index in [1.807, 2.05) is 30.3 Å². The number of aromatic nitrogens is 4. The van der Waals surface area contributed by atoms with E-state index >= 15 is 0 Å². The SMILES string of the molecule is C=CC(=O)c1cc(F)cc(-n2nc(CCN(C(=O)C=C)c3ccccc3)c3ncnc(N)c32)c1. The lowest BCUT2D eigenvalue weighted by Gasteiger charge is -2.20. The fourth-order valence-electron chi connectivity index (χ4n) is 3.64. The van der Waals surface area contributed by atoms with Crippen molar-refractivity contribution in [2.24, 2.45) is 0 Å².